The van der Waals surface area contributed by atoms with Crippen LogP contribution in [0, 0.1) is 6.92 Å². The molecule has 1 N–H and O–H groups in total. The number of carbonyl (C=O) groups excluding carboxylic acids is 2. The van der Waals surface area contributed by atoms with Crippen molar-refractivity contribution in [1.29, 1.82) is 0 Å². The molecule has 39 heavy (non-hydrogen) atoms. The molecule has 0 saturated carbocycles. The van der Waals surface area contributed by atoms with Crippen LogP contribution in [0.25, 0.3) is 0 Å². The number of aryl methyl sites for hydroxylation is 1. The molecule has 0 bridgehead atoms. The average Bonchev–Trinajstić information content (AvgIpc) is 2.90. The van der Waals surface area contributed by atoms with Gasteiger partial charge >= 0.3 is 0 Å². The molecule has 0 fully saturated rings. The van der Waals surface area contributed by atoms with Crippen molar-refractivity contribution in [3.05, 3.63) is 94.0 Å². The molecule has 3 aromatic rings. The number of sulfonamides is 1. The van der Waals surface area contributed by atoms with Gasteiger partial charge in [0.25, 0.3) is 10.0 Å². The average molecular weight is 591 g/mol. The molecule has 7 nitrogen and oxygen atoms in total. The van der Waals surface area contributed by atoms with E-state index in [0.717, 1.165) is 21.9 Å². The van der Waals surface area contributed by atoms with Crippen LogP contribution in [-0.4, -0.2) is 43.8 Å². The zero-order valence-electron chi connectivity index (χ0n) is 22.4. The molecule has 0 aliphatic carbocycles. The van der Waals surface area contributed by atoms with Gasteiger partial charge in [-0.1, -0.05) is 72.6 Å². The molecule has 0 heterocycles. The van der Waals surface area contributed by atoms with E-state index in [1.54, 1.807) is 25.1 Å². The number of amides is 2. The van der Waals surface area contributed by atoms with E-state index in [9.17, 15) is 18.0 Å². The van der Waals surface area contributed by atoms with Crippen molar-refractivity contribution in [3.63, 3.8) is 0 Å². The van der Waals surface area contributed by atoms with Crippen LogP contribution in [0.4, 0.5) is 5.69 Å². The van der Waals surface area contributed by atoms with Crippen LogP contribution in [0.1, 0.15) is 38.3 Å². The smallest absolute Gasteiger partial charge is 0.264 e. The molecule has 0 aliphatic rings. The van der Waals surface area contributed by atoms with Gasteiger partial charge in [-0.15, -0.1) is 0 Å². The topological polar surface area (TPSA) is 86.8 Å². The summed E-state index contributed by atoms with van der Waals surface area (Å²) < 4.78 is 28.6. The Morgan fingerprint density at radius 3 is 2.10 bits per heavy atom. The molecule has 0 aromatic heterocycles. The van der Waals surface area contributed by atoms with E-state index in [4.69, 9.17) is 23.2 Å². The second-order valence-electron chi connectivity index (χ2n) is 9.39. The molecule has 3 aromatic carbocycles. The lowest BCUT2D eigenvalue weighted by molar-refractivity contribution is -0.139. The van der Waals surface area contributed by atoms with E-state index in [1.165, 1.54) is 35.2 Å². The quantitative estimate of drug-likeness (QED) is 0.305. The first-order chi connectivity index (χ1) is 18.4. The standard InChI is InChI=1S/C29H33Cl2N3O4S/c1-5-21(3)32-29(36)22(4)33(18-23-12-10-9-11-20(23)2)28(35)19-34(26-16-24(30)15-25(31)17-26)39(37,38)27-13-7-6-8-14-27/h6-17,21-22H,5,18-19H2,1-4H3,(H,32,36). The van der Waals surface area contributed by atoms with Crippen LogP contribution in [-0.2, 0) is 26.2 Å². The molecule has 0 aliphatic heterocycles. The van der Waals surface area contributed by atoms with Crippen molar-refractivity contribution in [3.8, 4) is 0 Å². The third-order valence-electron chi connectivity index (χ3n) is 6.52. The lowest BCUT2D eigenvalue weighted by Crippen LogP contribution is -2.52. The van der Waals surface area contributed by atoms with Crippen LogP contribution in [0.2, 0.25) is 10.0 Å². The largest absolute Gasteiger partial charge is 0.352 e. The van der Waals surface area contributed by atoms with Gasteiger partial charge in [-0.3, -0.25) is 13.9 Å². The summed E-state index contributed by atoms with van der Waals surface area (Å²) in [6, 6.07) is 18.8. The molecular weight excluding hydrogens is 557 g/mol. The molecule has 10 heteroatoms. The maximum atomic E-state index is 14.0. The van der Waals surface area contributed by atoms with Crippen molar-refractivity contribution in [1.82, 2.24) is 10.2 Å². The zero-order valence-corrected chi connectivity index (χ0v) is 24.7. The monoisotopic (exact) mass is 589 g/mol. The number of carbonyl (C=O) groups is 2. The maximum absolute atomic E-state index is 14.0. The van der Waals surface area contributed by atoms with E-state index in [0.29, 0.717) is 0 Å². The highest BCUT2D eigenvalue weighted by Gasteiger charge is 2.33. The van der Waals surface area contributed by atoms with E-state index in [2.05, 4.69) is 5.32 Å². The first-order valence-corrected chi connectivity index (χ1v) is 14.8. The van der Waals surface area contributed by atoms with Gasteiger partial charge in [-0.05, 0) is 68.7 Å². The van der Waals surface area contributed by atoms with Crippen LogP contribution in [0.15, 0.2) is 77.7 Å². The van der Waals surface area contributed by atoms with Crippen molar-refractivity contribution in [2.45, 2.75) is 57.6 Å². The van der Waals surface area contributed by atoms with E-state index in [-0.39, 0.29) is 39.1 Å². The highest BCUT2D eigenvalue weighted by atomic mass is 35.5. The molecule has 2 atom stereocenters. The van der Waals surface area contributed by atoms with Gasteiger partial charge in [0.05, 0.1) is 10.6 Å². The normalized spacial score (nSPS) is 12.9. The van der Waals surface area contributed by atoms with Crippen LogP contribution >= 0.6 is 23.2 Å². The van der Waals surface area contributed by atoms with Crippen LogP contribution < -0.4 is 9.62 Å². The van der Waals surface area contributed by atoms with Crippen molar-refractivity contribution in [2.75, 3.05) is 10.8 Å². The van der Waals surface area contributed by atoms with Gasteiger partial charge in [0.1, 0.15) is 12.6 Å². The Morgan fingerprint density at radius 2 is 1.51 bits per heavy atom. The fraction of sp³-hybridized carbons (Fsp3) is 0.310. The predicted molar refractivity (Wildman–Crippen MR) is 157 cm³/mol. The summed E-state index contributed by atoms with van der Waals surface area (Å²) in [4.78, 5) is 28.5. The number of nitrogens with one attached hydrogen (secondary N) is 1. The van der Waals surface area contributed by atoms with Gasteiger partial charge in [0.2, 0.25) is 11.8 Å². The summed E-state index contributed by atoms with van der Waals surface area (Å²) in [6.07, 6.45) is 0.725. The predicted octanol–water partition coefficient (Wildman–Crippen LogP) is 5.83. The van der Waals surface area contributed by atoms with Gasteiger partial charge in [0, 0.05) is 22.6 Å². The number of nitrogens with zero attached hydrogens (tertiary/aromatic N) is 2. The number of anilines is 1. The molecular formula is C29H33Cl2N3O4S. The van der Waals surface area contributed by atoms with E-state index >= 15 is 0 Å². The van der Waals surface area contributed by atoms with Gasteiger partial charge in [-0.2, -0.15) is 0 Å². The van der Waals surface area contributed by atoms with E-state index in [1.807, 2.05) is 45.0 Å². The fourth-order valence-corrected chi connectivity index (χ4v) is 5.88. The second-order valence-corrected chi connectivity index (χ2v) is 12.1. The van der Waals surface area contributed by atoms with Crippen molar-refractivity contribution in [2.24, 2.45) is 0 Å². The lowest BCUT2D eigenvalue weighted by Gasteiger charge is -2.33. The van der Waals surface area contributed by atoms with Gasteiger partial charge < -0.3 is 10.2 Å². The highest BCUT2D eigenvalue weighted by Crippen LogP contribution is 2.30. The van der Waals surface area contributed by atoms with E-state index < -0.39 is 28.5 Å². The van der Waals surface area contributed by atoms with Gasteiger partial charge in [0.15, 0.2) is 0 Å². The Morgan fingerprint density at radius 1 is 0.923 bits per heavy atom. The number of benzene rings is 3. The Bertz CT molecular complexity index is 1400. The SMILES string of the molecule is CCC(C)NC(=O)C(C)N(Cc1ccccc1C)C(=O)CN(c1cc(Cl)cc(Cl)c1)S(=O)(=O)c1ccccc1. The third-order valence-corrected chi connectivity index (χ3v) is 8.74. The van der Waals surface area contributed by atoms with Crippen molar-refractivity contribution >= 4 is 50.7 Å². The fourth-order valence-electron chi connectivity index (χ4n) is 3.95. The molecule has 2 unspecified atom stereocenters. The molecule has 0 saturated heterocycles. The summed E-state index contributed by atoms with van der Waals surface area (Å²) in [5, 5.41) is 3.36. The maximum Gasteiger partial charge on any atom is 0.264 e. The number of hydrogen-bond donors (Lipinski definition) is 1. The van der Waals surface area contributed by atoms with Crippen molar-refractivity contribution < 1.29 is 18.0 Å². The molecule has 0 spiro atoms. The highest BCUT2D eigenvalue weighted by molar-refractivity contribution is 7.92. The first-order valence-electron chi connectivity index (χ1n) is 12.6. The summed E-state index contributed by atoms with van der Waals surface area (Å²) in [6.45, 7) is 6.95. The van der Waals surface area contributed by atoms with Crippen LogP contribution in [0.3, 0.4) is 0 Å². The molecule has 3 rings (SSSR count). The Kier molecular flexibility index (Phi) is 10.4. The molecule has 208 valence electrons. The zero-order chi connectivity index (χ0) is 28.7. The third kappa shape index (κ3) is 7.75. The van der Waals surface area contributed by atoms with Gasteiger partial charge in [-0.25, -0.2) is 8.42 Å². The molecule has 2 amide bonds. The Balaban J connectivity index is 2.06. The minimum atomic E-state index is -4.20. The Labute approximate surface area is 240 Å². The second kappa shape index (κ2) is 13.3. The number of halogens is 2. The summed E-state index contributed by atoms with van der Waals surface area (Å²) in [5.41, 5.74) is 1.93. The lowest BCUT2D eigenvalue weighted by atomic mass is 10.1. The summed E-state index contributed by atoms with van der Waals surface area (Å²) in [7, 11) is -4.20. The minimum Gasteiger partial charge on any atom is -0.352 e. The molecule has 0 radical (unpaired) electrons. The summed E-state index contributed by atoms with van der Waals surface area (Å²) in [5.74, 6) is -0.879. The Hall–Kier alpha value is -3.07. The van der Waals surface area contributed by atoms with Crippen LogP contribution in [0.5, 0.6) is 0 Å². The number of rotatable bonds is 11. The summed E-state index contributed by atoms with van der Waals surface area (Å²) >= 11 is 12.4. The number of hydrogen-bond acceptors (Lipinski definition) is 4. The minimum absolute atomic E-state index is 0.00177. The first kappa shape index (κ1) is 30.5.